The number of carbonyl (C=O) groups is 2. The third kappa shape index (κ3) is 3.62. The van der Waals surface area contributed by atoms with Gasteiger partial charge < -0.3 is 10.2 Å². The molecule has 3 aliphatic rings. The molecule has 0 aromatic heterocycles. The number of hydrogen-bond acceptors (Lipinski definition) is 4. The SMILES string of the molecule is O=C1NNC(Cc2cccc(C(=O)N3CCNCC3)c2)C2CCCCC12. The van der Waals surface area contributed by atoms with Crippen molar-refractivity contribution in [2.24, 2.45) is 11.8 Å². The summed E-state index contributed by atoms with van der Waals surface area (Å²) >= 11 is 0. The van der Waals surface area contributed by atoms with E-state index < -0.39 is 0 Å². The number of fused-ring (bicyclic) bond motifs is 1. The van der Waals surface area contributed by atoms with Crippen LogP contribution in [0.4, 0.5) is 0 Å². The van der Waals surface area contributed by atoms with Crippen LogP contribution in [0.2, 0.25) is 0 Å². The number of hydrazine groups is 1. The van der Waals surface area contributed by atoms with Crippen LogP contribution < -0.4 is 16.2 Å². The summed E-state index contributed by atoms with van der Waals surface area (Å²) in [4.78, 5) is 26.8. The van der Waals surface area contributed by atoms with Gasteiger partial charge in [-0.1, -0.05) is 25.0 Å². The van der Waals surface area contributed by atoms with Gasteiger partial charge in [0.05, 0.1) is 0 Å². The molecule has 1 aromatic carbocycles. The van der Waals surface area contributed by atoms with Crippen LogP contribution in [-0.4, -0.2) is 48.9 Å². The minimum atomic E-state index is 0.119. The maximum Gasteiger partial charge on any atom is 0.253 e. The van der Waals surface area contributed by atoms with E-state index in [0.717, 1.165) is 63.0 Å². The van der Waals surface area contributed by atoms with Crippen LogP contribution in [0.15, 0.2) is 24.3 Å². The molecule has 0 bridgehead atoms. The van der Waals surface area contributed by atoms with Gasteiger partial charge in [0.25, 0.3) is 5.91 Å². The second-order valence-corrected chi connectivity index (χ2v) is 7.74. The van der Waals surface area contributed by atoms with E-state index in [2.05, 4.69) is 22.2 Å². The summed E-state index contributed by atoms with van der Waals surface area (Å²) in [5.74, 6) is 0.799. The molecule has 2 saturated heterocycles. The Morgan fingerprint density at radius 3 is 2.81 bits per heavy atom. The van der Waals surface area contributed by atoms with E-state index in [1.54, 1.807) is 0 Å². The first-order chi connectivity index (χ1) is 12.7. The van der Waals surface area contributed by atoms with Crippen LogP contribution in [0, 0.1) is 11.8 Å². The summed E-state index contributed by atoms with van der Waals surface area (Å²) in [6.45, 7) is 3.26. The van der Waals surface area contributed by atoms with E-state index in [1.165, 1.54) is 6.42 Å². The van der Waals surface area contributed by atoms with E-state index in [9.17, 15) is 9.59 Å². The molecule has 3 unspecified atom stereocenters. The largest absolute Gasteiger partial charge is 0.336 e. The molecule has 140 valence electrons. The van der Waals surface area contributed by atoms with Gasteiger partial charge >= 0.3 is 0 Å². The number of benzene rings is 1. The maximum atomic E-state index is 12.7. The third-order valence-electron chi connectivity index (χ3n) is 6.09. The number of nitrogens with zero attached hydrogens (tertiary/aromatic N) is 1. The lowest BCUT2D eigenvalue weighted by Crippen LogP contribution is -2.60. The Kier molecular flexibility index (Phi) is 5.22. The molecule has 2 aliphatic heterocycles. The highest BCUT2D eigenvalue weighted by Crippen LogP contribution is 2.35. The molecular weight excluding hydrogens is 328 g/mol. The van der Waals surface area contributed by atoms with Gasteiger partial charge in [-0.15, -0.1) is 0 Å². The van der Waals surface area contributed by atoms with Crippen molar-refractivity contribution >= 4 is 11.8 Å². The average Bonchev–Trinajstić information content (AvgIpc) is 2.71. The molecule has 1 saturated carbocycles. The van der Waals surface area contributed by atoms with Gasteiger partial charge in [0.1, 0.15) is 0 Å². The van der Waals surface area contributed by atoms with Crippen molar-refractivity contribution in [3.63, 3.8) is 0 Å². The van der Waals surface area contributed by atoms with Crippen LogP contribution in [0.25, 0.3) is 0 Å². The Labute approximate surface area is 154 Å². The van der Waals surface area contributed by atoms with Crippen LogP contribution in [0.3, 0.4) is 0 Å². The first-order valence-corrected chi connectivity index (χ1v) is 9.87. The molecule has 3 fully saturated rings. The summed E-state index contributed by atoms with van der Waals surface area (Å²) in [5, 5.41) is 3.28. The predicted octanol–water partition coefficient (Wildman–Crippen LogP) is 1.08. The molecule has 3 atom stereocenters. The van der Waals surface area contributed by atoms with Crippen LogP contribution in [0.5, 0.6) is 0 Å². The van der Waals surface area contributed by atoms with Gasteiger partial charge in [-0.3, -0.25) is 15.0 Å². The van der Waals surface area contributed by atoms with Gasteiger partial charge in [0.2, 0.25) is 5.91 Å². The first kappa shape index (κ1) is 17.5. The number of piperazine rings is 1. The van der Waals surface area contributed by atoms with Crippen LogP contribution >= 0.6 is 0 Å². The van der Waals surface area contributed by atoms with E-state index in [-0.39, 0.29) is 23.8 Å². The molecule has 0 spiro atoms. The Bertz CT molecular complexity index is 672. The predicted molar refractivity (Wildman–Crippen MR) is 99.4 cm³/mol. The lowest BCUT2D eigenvalue weighted by atomic mass is 9.72. The van der Waals surface area contributed by atoms with Gasteiger partial charge in [0.15, 0.2) is 0 Å². The second kappa shape index (κ2) is 7.76. The van der Waals surface area contributed by atoms with Crippen molar-refractivity contribution in [3.8, 4) is 0 Å². The van der Waals surface area contributed by atoms with Crippen LogP contribution in [-0.2, 0) is 11.2 Å². The van der Waals surface area contributed by atoms with Crippen molar-refractivity contribution in [1.29, 1.82) is 0 Å². The van der Waals surface area contributed by atoms with Gasteiger partial charge in [-0.2, -0.15) is 0 Å². The monoisotopic (exact) mass is 356 g/mol. The quantitative estimate of drug-likeness (QED) is 0.758. The van der Waals surface area contributed by atoms with E-state index in [1.807, 2.05) is 23.1 Å². The van der Waals surface area contributed by atoms with Crippen LogP contribution in [0.1, 0.15) is 41.6 Å². The van der Waals surface area contributed by atoms with Crippen molar-refractivity contribution in [2.45, 2.75) is 38.1 Å². The van der Waals surface area contributed by atoms with E-state index in [0.29, 0.717) is 5.92 Å². The highest BCUT2D eigenvalue weighted by Gasteiger charge is 2.39. The molecule has 6 nitrogen and oxygen atoms in total. The standard InChI is InChI=1S/C20H28N4O2/c25-19-17-7-2-1-6-16(17)18(22-23-19)13-14-4-3-5-15(12-14)20(26)24-10-8-21-9-11-24/h3-5,12,16-18,21-22H,1-2,6-11,13H2,(H,23,25). The highest BCUT2D eigenvalue weighted by molar-refractivity contribution is 5.94. The molecular formula is C20H28N4O2. The summed E-state index contributed by atoms with van der Waals surface area (Å²) in [6.07, 6.45) is 5.29. The minimum Gasteiger partial charge on any atom is -0.336 e. The fourth-order valence-corrected chi connectivity index (χ4v) is 4.67. The maximum absolute atomic E-state index is 12.7. The van der Waals surface area contributed by atoms with E-state index >= 15 is 0 Å². The Morgan fingerprint density at radius 2 is 1.96 bits per heavy atom. The van der Waals surface area contributed by atoms with Crippen molar-refractivity contribution < 1.29 is 9.59 Å². The third-order valence-corrected chi connectivity index (χ3v) is 6.09. The zero-order valence-electron chi connectivity index (χ0n) is 15.2. The molecule has 0 radical (unpaired) electrons. The number of amides is 2. The molecule has 1 aliphatic carbocycles. The summed E-state index contributed by atoms with van der Waals surface area (Å²) < 4.78 is 0. The molecule has 4 rings (SSSR count). The van der Waals surface area contributed by atoms with E-state index in [4.69, 9.17) is 0 Å². The Morgan fingerprint density at radius 1 is 1.15 bits per heavy atom. The first-order valence-electron chi connectivity index (χ1n) is 9.87. The fourth-order valence-electron chi connectivity index (χ4n) is 4.67. The number of hydrogen-bond donors (Lipinski definition) is 3. The highest BCUT2D eigenvalue weighted by atomic mass is 16.2. The molecule has 3 N–H and O–H groups in total. The number of rotatable bonds is 3. The number of carbonyl (C=O) groups excluding carboxylic acids is 2. The smallest absolute Gasteiger partial charge is 0.253 e. The van der Waals surface area contributed by atoms with Crippen molar-refractivity contribution in [2.75, 3.05) is 26.2 Å². The normalized spacial score (nSPS) is 29.0. The Hall–Kier alpha value is -1.92. The topological polar surface area (TPSA) is 73.5 Å². The zero-order valence-corrected chi connectivity index (χ0v) is 15.2. The molecule has 26 heavy (non-hydrogen) atoms. The summed E-state index contributed by atoms with van der Waals surface area (Å²) in [7, 11) is 0. The lowest BCUT2D eigenvalue weighted by molar-refractivity contribution is -0.133. The van der Waals surface area contributed by atoms with Crippen molar-refractivity contribution in [3.05, 3.63) is 35.4 Å². The average molecular weight is 356 g/mol. The minimum absolute atomic E-state index is 0.119. The molecule has 1 aromatic rings. The second-order valence-electron chi connectivity index (χ2n) is 7.74. The molecule has 6 heteroatoms. The number of nitrogens with one attached hydrogen (secondary N) is 3. The summed E-state index contributed by atoms with van der Waals surface area (Å²) in [5.41, 5.74) is 8.02. The van der Waals surface area contributed by atoms with Crippen molar-refractivity contribution in [1.82, 2.24) is 21.1 Å². The Balaban J connectivity index is 1.46. The molecule has 2 heterocycles. The lowest BCUT2D eigenvalue weighted by Gasteiger charge is -2.41. The fraction of sp³-hybridized carbons (Fsp3) is 0.600. The van der Waals surface area contributed by atoms with Gasteiger partial charge in [-0.05, 0) is 42.9 Å². The summed E-state index contributed by atoms with van der Waals surface area (Å²) in [6, 6.07) is 8.24. The zero-order chi connectivity index (χ0) is 17.9. The molecule has 2 amide bonds. The van der Waals surface area contributed by atoms with Gasteiger partial charge in [0, 0.05) is 43.7 Å². The van der Waals surface area contributed by atoms with Gasteiger partial charge in [-0.25, -0.2) is 5.43 Å².